The second-order valence-corrected chi connectivity index (χ2v) is 7.34. The molecule has 1 heterocycles. The average Bonchev–Trinajstić information content (AvgIpc) is 2.83. The van der Waals surface area contributed by atoms with Gasteiger partial charge in [-0.3, -0.25) is 4.79 Å². The lowest BCUT2D eigenvalue weighted by Crippen LogP contribution is -2.40. The summed E-state index contributed by atoms with van der Waals surface area (Å²) in [6.45, 7) is 3.87. The minimum Gasteiger partial charge on any atom is -0.480 e. The molecule has 0 spiro atoms. The van der Waals surface area contributed by atoms with Gasteiger partial charge in [0.15, 0.2) is 0 Å². The summed E-state index contributed by atoms with van der Waals surface area (Å²) < 4.78 is 26.6. The molecule has 1 atom stereocenters. The third kappa shape index (κ3) is 4.59. The molecule has 0 aliphatic rings. The molecule has 0 bridgehead atoms. The maximum Gasteiger partial charge on any atom is 0.321 e. The van der Waals surface area contributed by atoms with Gasteiger partial charge in [-0.25, -0.2) is 8.42 Å². The van der Waals surface area contributed by atoms with Gasteiger partial charge >= 0.3 is 5.97 Å². The molecule has 7 heteroatoms. The Kier molecular flexibility index (Phi) is 5.96. The lowest BCUT2D eigenvalue weighted by Gasteiger charge is -2.13. The SMILES string of the molecule is CCCC[C@H](NS(=O)(=O)c1ccc(CC)s1)C(=O)O. The first kappa shape index (κ1) is 16.1. The van der Waals surface area contributed by atoms with Gasteiger partial charge in [0.2, 0.25) is 0 Å². The number of hydrogen-bond donors (Lipinski definition) is 2. The van der Waals surface area contributed by atoms with Crippen LogP contribution >= 0.6 is 11.3 Å². The molecule has 0 aliphatic carbocycles. The molecule has 1 rings (SSSR count). The largest absolute Gasteiger partial charge is 0.480 e. The average molecular weight is 305 g/mol. The predicted octanol–water partition coefficient (Wildman–Crippen LogP) is 2.23. The molecule has 1 aromatic heterocycles. The quantitative estimate of drug-likeness (QED) is 0.771. The predicted molar refractivity (Wildman–Crippen MR) is 75.0 cm³/mol. The van der Waals surface area contributed by atoms with Crippen LogP contribution in [0.5, 0.6) is 0 Å². The van der Waals surface area contributed by atoms with Crippen molar-refractivity contribution in [1.29, 1.82) is 0 Å². The van der Waals surface area contributed by atoms with E-state index in [1.807, 2.05) is 13.8 Å². The van der Waals surface area contributed by atoms with Crippen molar-refractivity contribution >= 4 is 27.3 Å². The van der Waals surface area contributed by atoms with Crippen molar-refractivity contribution in [1.82, 2.24) is 4.72 Å². The number of unbranched alkanes of at least 4 members (excludes halogenated alkanes) is 1. The third-order valence-electron chi connectivity index (χ3n) is 2.69. The number of carbonyl (C=O) groups is 1. The van der Waals surface area contributed by atoms with Crippen molar-refractivity contribution in [3.8, 4) is 0 Å². The zero-order valence-corrected chi connectivity index (χ0v) is 12.7. The van der Waals surface area contributed by atoms with E-state index >= 15 is 0 Å². The van der Waals surface area contributed by atoms with Gasteiger partial charge in [-0.15, -0.1) is 11.3 Å². The maximum atomic E-state index is 12.1. The standard InChI is InChI=1S/C12H19NO4S2/c1-3-5-6-10(12(14)15)13-19(16,17)11-8-7-9(4-2)18-11/h7-8,10,13H,3-6H2,1-2H3,(H,14,15)/t10-/m0/s1. The number of aliphatic carboxylic acids is 1. The van der Waals surface area contributed by atoms with Crippen molar-refractivity contribution in [2.75, 3.05) is 0 Å². The van der Waals surface area contributed by atoms with E-state index in [9.17, 15) is 13.2 Å². The summed E-state index contributed by atoms with van der Waals surface area (Å²) in [6.07, 6.45) is 2.56. The second-order valence-electron chi connectivity index (χ2n) is 4.23. The summed E-state index contributed by atoms with van der Waals surface area (Å²) in [5, 5.41) is 9.04. The Hall–Kier alpha value is -0.920. The number of nitrogens with one attached hydrogen (secondary N) is 1. The molecule has 0 radical (unpaired) electrons. The van der Waals surface area contributed by atoms with Gasteiger partial charge in [0.25, 0.3) is 10.0 Å². The van der Waals surface area contributed by atoms with Gasteiger partial charge in [-0.1, -0.05) is 26.7 Å². The molecule has 0 saturated heterocycles. The van der Waals surface area contributed by atoms with Crippen molar-refractivity contribution in [2.45, 2.75) is 49.8 Å². The fourth-order valence-electron chi connectivity index (χ4n) is 1.58. The summed E-state index contributed by atoms with van der Waals surface area (Å²) in [6, 6.07) is 2.21. The van der Waals surface area contributed by atoms with Crippen LogP contribution in [0.2, 0.25) is 0 Å². The molecule has 0 saturated carbocycles. The van der Waals surface area contributed by atoms with Gasteiger partial charge in [0.05, 0.1) is 0 Å². The molecule has 1 aromatic rings. The van der Waals surface area contributed by atoms with Gasteiger partial charge < -0.3 is 5.11 Å². The van der Waals surface area contributed by atoms with Crippen molar-refractivity contribution < 1.29 is 18.3 Å². The fraction of sp³-hybridized carbons (Fsp3) is 0.583. The Bertz CT molecular complexity index is 522. The first-order valence-electron chi connectivity index (χ1n) is 6.24. The minimum atomic E-state index is -3.74. The molecule has 0 fully saturated rings. The Morgan fingerprint density at radius 3 is 2.58 bits per heavy atom. The molecule has 5 nitrogen and oxygen atoms in total. The van der Waals surface area contributed by atoms with Crippen LogP contribution in [0.25, 0.3) is 0 Å². The van der Waals surface area contributed by atoms with E-state index in [2.05, 4.69) is 4.72 Å². The first-order valence-corrected chi connectivity index (χ1v) is 8.54. The van der Waals surface area contributed by atoms with Crippen molar-refractivity contribution in [3.05, 3.63) is 17.0 Å². The lowest BCUT2D eigenvalue weighted by molar-refractivity contribution is -0.139. The lowest BCUT2D eigenvalue weighted by atomic mass is 10.1. The van der Waals surface area contributed by atoms with Crippen LogP contribution in [0.15, 0.2) is 16.3 Å². The number of sulfonamides is 1. The normalized spacial score (nSPS) is 13.4. The highest BCUT2D eigenvalue weighted by atomic mass is 32.2. The Morgan fingerprint density at radius 1 is 1.42 bits per heavy atom. The Morgan fingerprint density at radius 2 is 2.11 bits per heavy atom. The van der Waals surface area contributed by atoms with Crippen LogP contribution in [-0.2, 0) is 21.2 Å². The number of thiophene rings is 1. The molecule has 0 unspecified atom stereocenters. The molecule has 0 aromatic carbocycles. The van der Waals surface area contributed by atoms with Crippen LogP contribution in [-0.4, -0.2) is 25.5 Å². The summed E-state index contributed by atoms with van der Waals surface area (Å²) in [7, 11) is -3.74. The third-order valence-corrected chi connectivity index (χ3v) is 5.89. The number of carboxylic acids is 1. The van der Waals surface area contributed by atoms with Crippen LogP contribution < -0.4 is 4.72 Å². The van der Waals surface area contributed by atoms with Crippen molar-refractivity contribution in [2.24, 2.45) is 0 Å². The highest BCUT2D eigenvalue weighted by Gasteiger charge is 2.25. The molecule has 19 heavy (non-hydrogen) atoms. The van der Waals surface area contributed by atoms with E-state index in [1.165, 1.54) is 17.4 Å². The number of carboxylic acid groups (broad SMARTS) is 1. The Balaban J connectivity index is 2.84. The van der Waals surface area contributed by atoms with E-state index in [0.717, 1.165) is 17.7 Å². The summed E-state index contributed by atoms with van der Waals surface area (Å²) in [4.78, 5) is 12.0. The van der Waals surface area contributed by atoms with E-state index in [1.54, 1.807) is 6.07 Å². The van der Waals surface area contributed by atoms with Gasteiger partial charge in [0, 0.05) is 4.88 Å². The highest BCUT2D eigenvalue weighted by Crippen LogP contribution is 2.22. The second kappa shape index (κ2) is 7.02. The summed E-state index contributed by atoms with van der Waals surface area (Å²) in [5.41, 5.74) is 0. The van der Waals surface area contributed by atoms with Crippen LogP contribution in [0, 0.1) is 0 Å². The highest BCUT2D eigenvalue weighted by molar-refractivity contribution is 7.91. The number of rotatable bonds is 8. The zero-order valence-electron chi connectivity index (χ0n) is 11.0. The summed E-state index contributed by atoms with van der Waals surface area (Å²) in [5.74, 6) is -1.13. The summed E-state index contributed by atoms with van der Waals surface area (Å²) >= 11 is 1.17. The van der Waals surface area contributed by atoms with Gasteiger partial charge in [0.1, 0.15) is 10.3 Å². The molecule has 0 aliphatic heterocycles. The minimum absolute atomic E-state index is 0.173. The van der Waals surface area contributed by atoms with Crippen molar-refractivity contribution in [3.63, 3.8) is 0 Å². The molecule has 108 valence electrons. The van der Waals surface area contributed by atoms with Crippen LogP contribution in [0.3, 0.4) is 0 Å². The molecular formula is C12H19NO4S2. The molecular weight excluding hydrogens is 286 g/mol. The molecule has 2 N–H and O–H groups in total. The first-order chi connectivity index (χ1) is 8.90. The van der Waals surface area contributed by atoms with E-state index in [0.29, 0.717) is 12.8 Å². The van der Waals surface area contributed by atoms with Crippen LogP contribution in [0.1, 0.15) is 38.0 Å². The topological polar surface area (TPSA) is 83.5 Å². The maximum absolute atomic E-state index is 12.1. The number of hydrogen-bond acceptors (Lipinski definition) is 4. The Labute approximate surface area is 117 Å². The zero-order chi connectivity index (χ0) is 14.5. The van der Waals surface area contributed by atoms with Gasteiger partial charge in [-0.2, -0.15) is 4.72 Å². The smallest absolute Gasteiger partial charge is 0.321 e. The van der Waals surface area contributed by atoms with E-state index in [4.69, 9.17) is 5.11 Å². The van der Waals surface area contributed by atoms with Crippen LogP contribution in [0.4, 0.5) is 0 Å². The fourth-order valence-corrected chi connectivity index (χ4v) is 4.11. The van der Waals surface area contributed by atoms with E-state index in [-0.39, 0.29) is 4.21 Å². The molecule has 0 amide bonds. The van der Waals surface area contributed by atoms with E-state index < -0.39 is 22.0 Å². The monoisotopic (exact) mass is 305 g/mol. The van der Waals surface area contributed by atoms with Gasteiger partial charge in [-0.05, 0) is 25.0 Å². The number of aryl methyl sites for hydroxylation is 1.